The number of nitrogens with one attached hydrogen (secondary N) is 2. The average molecular weight is 383 g/mol. The topological polar surface area (TPSA) is 155 Å². The van der Waals surface area contributed by atoms with E-state index in [1.165, 1.54) is 6.07 Å². The number of carbonyl (C=O) groups excluding carboxylic acids is 1. The van der Waals surface area contributed by atoms with E-state index in [2.05, 4.69) is 5.32 Å². The molecule has 0 aliphatic carbocycles. The third-order valence-corrected chi connectivity index (χ3v) is 3.80. The maximum Gasteiger partial charge on any atom is 0.351 e. The van der Waals surface area contributed by atoms with Gasteiger partial charge in [0.05, 0.1) is 22.4 Å². The van der Waals surface area contributed by atoms with E-state index >= 15 is 0 Å². The Kier molecular flexibility index (Phi) is 5.05. The van der Waals surface area contributed by atoms with Crippen molar-refractivity contribution >= 4 is 23.0 Å². The van der Waals surface area contributed by atoms with Crippen molar-refractivity contribution in [1.82, 2.24) is 0 Å². The number of hydrogen-bond donors (Lipinski definition) is 4. The number of nitrogens with zero attached hydrogens (tertiary/aromatic N) is 1. The average Bonchev–Trinajstić information content (AvgIpc) is 2.69. The fourth-order valence-electron chi connectivity index (χ4n) is 2.47. The van der Waals surface area contributed by atoms with Crippen molar-refractivity contribution in [3.05, 3.63) is 80.7 Å². The van der Waals surface area contributed by atoms with Crippen LogP contribution in [0.2, 0.25) is 0 Å². The molecule has 28 heavy (non-hydrogen) atoms. The number of phenolic OH excluding ortho intramolecular Hbond substituents is 1. The van der Waals surface area contributed by atoms with Crippen molar-refractivity contribution in [1.29, 1.82) is 0 Å². The summed E-state index contributed by atoms with van der Waals surface area (Å²) in [5, 5.41) is 32.1. The predicted molar refractivity (Wildman–Crippen MR) is 98.5 cm³/mol. The zero-order valence-corrected chi connectivity index (χ0v) is 14.1. The molecule has 142 valence electrons. The third kappa shape index (κ3) is 3.66. The molecule has 0 radical (unpaired) electrons. The lowest BCUT2D eigenvalue weighted by Gasteiger charge is -2.10. The Hall–Kier alpha value is -4.18. The largest absolute Gasteiger partial charge is 0.506 e. The van der Waals surface area contributed by atoms with E-state index < -0.39 is 27.8 Å². The number of phenols is 1. The Morgan fingerprint density at radius 3 is 2.39 bits per heavy atom. The number of aromatic hydroxyl groups is 1. The molecular weight excluding hydrogens is 370 g/mol. The molecule has 1 heterocycles. The van der Waals surface area contributed by atoms with Crippen LogP contribution in [0.1, 0.15) is 10.4 Å². The standard InChI is InChI=1S/C18H13N3O7/c22-14-8-11(21(26)27)6-7-12(14)19-17(23)16-13(20-25)9-15(28-18(16)24)10-4-2-1-3-5-10/h1-9,20,22,25H,(H,19,23). The number of non-ortho nitro benzene ring substituents is 1. The zero-order chi connectivity index (χ0) is 20.3. The van der Waals surface area contributed by atoms with Gasteiger partial charge in [0.1, 0.15) is 11.5 Å². The summed E-state index contributed by atoms with van der Waals surface area (Å²) in [5.74, 6) is -1.43. The second-order valence-electron chi connectivity index (χ2n) is 5.58. The third-order valence-electron chi connectivity index (χ3n) is 3.80. The molecular formula is C18H13N3O7. The summed E-state index contributed by atoms with van der Waals surface area (Å²) in [6.07, 6.45) is 0. The van der Waals surface area contributed by atoms with Gasteiger partial charge in [-0.1, -0.05) is 30.3 Å². The van der Waals surface area contributed by atoms with Crippen LogP contribution in [-0.4, -0.2) is 21.1 Å². The maximum atomic E-state index is 12.5. The van der Waals surface area contributed by atoms with Crippen LogP contribution in [0.3, 0.4) is 0 Å². The first kappa shape index (κ1) is 18.6. The van der Waals surface area contributed by atoms with Crippen LogP contribution >= 0.6 is 0 Å². The van der Waals surface area contributed by atoms with Gasteiger partial charge in [-0.25, -0.2) is 4.79 Å². The Bertz CT molecular complexity index is 1110. The van der Waals surface area contributed by atoms with Gasteiger partial charge in [-0.3, -0.25) is 25.6 Å². The second-order valence-corrected chi connectivity index (χ2v) is 5.58. The van der Waals surface area contributed by atoms with Crippen molar-refractivity contribution < 1.29 is 24.4 Å². The zero-order valence-electron chi connectivity index (χ0n) is 14.1. The van der Waals surface area contributed by atoms with Gasteiger partial charge in [0.2, 0.25) is 0 Å². The summed E-state index contributed by atoms with van der Waals surface area (Å²) < 4.78 is 5.16. The highest BCUT2D eigenvalue weighted by Gasteiger charge is 2.21. The molecule has 4 N–H and O–H groups in total. The highest BCUT2D eigenvalue weighted by molar-refractivity contribution is 6.08. The van der Waals surface area contributed by atoms with Crippen molar-refractivity contribution in [2.45, 2.75) is 0 Å². The lowest BCUT2D eigenvalue weighted by Crippen LogP contribution is -2.23. The second kappa shape index (κ2) is 7.60. The van der Waals surface area contributed by atoms with Gasteiger partial charge in [0.25, 0.3) is 11.6 Å². The summed E-state index contributed by atoms with van der Waals surface area (Å²) in [6, 6.07) is 12.9. The Morgan fingerprint density at radius 2 is 1.79 bits per heavy atom. The summed E-state index contributed by atoms with van der Waals surface area (Å²) in [4.78, 5) is 34.8. The van der Waals surface area contributed by atoms with Crippen LogP contribution in [0.25, 0.3) is 11.3 Å². The molecule has 0 saturated heterocycles. The SMILES string of the molecule is O=C(Nc1ccc([N+](=O)[O-])cc1O)c1c(NO)cc(-c2ccccc2)oc1=O. The first-order valence-electron chi connectivity index (χ1n) is 7.83. The number of benzene rings is 2. The van der Waals surface area contributed by atoms with E-state index in [0.717, 1.165) is 18.2 Å². The Balaban J connectivity index is 1.96. The van der Waals surface area contributed by atoms with Gasteiger partial charge in [0, 0.05) is 17.7 Å². The molecule has 0 aliphatic heterocycles. The molecule has 3 aromatic rings. The minimum absolute atomic E-state index is 0.122. The maximum absolute atomic E-state index is 12.5. The number of anilines is 2. The molecule has 0 fully saturated rings. The van der Waals surface area contributed by atoms with Crippen LogP contribution in [0.4, 0.5) is 17.1 Å². The van der Waals surface area contributed by atoms with Crippen molar-refractivity contribution in [2.24, 2.45) is 0 Å². The summed E-state index contributed by atoms with van der Waals surface area (Å²) in [5.41, 5.74) is 0.00869. The van der Waals surface area contributed by atoms with Gasteiger partial charge < -0.3 is 14.8 Å². The van der Waals surface area contributed by atoms with E-state index in [-0.39, 0.29) is 22.8 Å². The van der Waals surface area contributed by atoms with Crippen molar-refractivity contribution in [2.75, 3.05) is 10.8 Å². The number of nitro groups is 1. The monoisotopic (exact) mass is 383 g/mol. The molecule has 0 atom stereocenters. The molecule has 0 unspecified atom stereocenters. The fourth-order valence-corrected chi connectivity index (χ4v) is 2.47. The first-order valence-corrected chi connectivity index (χ1v) is 7.83. The van der Waals surface area contributed by atoms with E-state index in [1.54, 1.807) is 35.8 Å². The lowest BCUT2D eigenvalue weighted by molar-refractivity contribution is -0.384. The lowest BCUT2D eigenvalue weighted by atomic mass is 10.1. The van der Waals surface area contributed by atoms with Crippen molar-refractivity contribution in [3.63, 3.8) is 0 Å². The molecule has 10 nitrogen and oxygen atoms in total. The fraction of sp³-hybridized carbons (Fsp3) is 0. The van der Waals surface area contributed by atoms with Gasteiger partial charge >= 0.3 is 5.63 Å². The summed E-state index contributed by atoms with van der Waals surface area (Å²) in [7, 11) is 0. The molecule has 0 bridgehead atoms. The van der Waals surface area contributed by atoms with Gasteiger partial charge in [-0.05, 0) is 6.07 Å². The minimum Gasteiger partial charge on any atom is -0.506 e. The van der Waals surface area contributed by atoms with Crippen molar-refractivity contribution in [3.8, 4) is 17.1 Å². The molecule has 3 rings (SSSR count). The van der Waals surface area contributed by atoms with E-state index in [4.69, 9.17) is 4.42 Å². The van der Waals surface area contributed by atoms with Gasteiger partial charge in [0.15, 0.2) is 5.56 Å². The van der Waals surface area contributed by atoms with Crippen LogP contribution in [0, 0.1) is 10.1 Å². The van der Waals surface area contributed by atoms with Gasteiger partial charge in [-0.15, -0.1) is 0 Å². The van der Waals surface area contributed by atoms with E-state index in [0.29, 0.717) is 5.56 Å². The number of amides is 1. The molecule has 2 aromatic carbocycles. The molecule has 10 heteroatoms. The van der Waals surface area contributed by atoms with Crippen LogP contribution in [0.5, 0.6) is 5.75 Å². The highest BCUT2D eigenvalue weighted by Crippen LogP contribution is 2.29. The molecule has 1 amide bonds. The van der Waals surface area contributed by atoms with Gasteiger partial charge in [-0.2, -0.15) is 0 Å². The normalized spacial score (nSPS) is 10.3. The highest BCUT2D eigenvalue weighted by atomic mass is 16.6. The molecule has 0 aliphatic rings. The molecule has 0 saturated carbocycles. The Morgan fingerprint density at radius 1 is 1.07 bits per heavy atom. The number of rotatable bonds is 5. The molecule has 0 spiro atoms. The van der Waals surface area contributed by atoms with E-state index in [9.17, 15) is 30.0 Å². The molecule has 1 aromatic heterocycles. The smallest absolute Gasteiger partial charge is 0.351 e. The first-order chi connectivity index (χ1) is 13.4. The minimum atomic E-state index is -1.03. The summed E-state index contributed by atoms with van der Waals surface area (Å²) >= 11 is 0. The predicted octanol–water partition coefficient (Wildman–Crippen LogP) is 2.97. The number of nitro benzene ring substituents is 1. The number of hydrogen-bond acceptors (Lipinski definition) is 8. The van der Waals surface area contributed by atoms with E-state index in [1.807, 2.05) is 0 Å². The van der Waals surface area contributed by atoms with Crippen LogP contribution in [0.15, 0.2) is 63.8 Å². The quantitative estimate of drug-likeness (QED) is 0.298. The Labute approximate surface area is 156 Å². The van der Waals surface area contributed by atoms with Crippen LogP contribution < -0.4 is 16.4 Å². The van der Waals surface area contributed by atoms with Crippen LogP contribution in [-0.2, 0) is 0 Å². The summed E-state index contributed by atoms with van der Waals surface area (Å²) in [6.45, 7) is 0. The number of carbonyl (C=O) groups is 1.